The first kappa shape index (κ1) is 14.0. The highest BCUT2D eigenvalue weighted by Gasteiger charge is 1.99. The molecule has 0 saturated carbocycles. The van der Waals surface area contributed by atoms with Crippen molar-refractivity contribution in [1.82, 2.24) is 10.3 Å². The molecule has 4 heteroatoms. The Labute approximate surface area is 118 Å². The summed E-state index contributed by atoms with van der Waals surface area (Å²) in [5.41, 5.74) is 2.37. The Morgan fingerprint density at radius 2 is 2.21 bits per heavy atom. The lowest BCUT2D eigenvalue weighted by Gasteiger charge is -2.08. The molecule has 0 atom stereocenters. The summed E-state index contributed by atoms with van der Waals surface area (Å²) in [4.78, 5) is 4.38. The van der Waals surface area contributed by atoms with Gasteiger partial charge in [0.05, 0.1) is 18.5 Å². The van der Waals surface area contributed by atoms with E-state index in [4.69, 9.17) is 4.74 Å². The van der Waals surface area contributed by atoms with E-state index in [0.29, 0.717) is 12.6 Å². The molecular formula is C15H20N2OS. The molecule has 3 nitrogen and oxygen atoms in total. The largest absolute Gasteiger partial charge is 0.492 e. The van der Waals surface area contributed by atoms with Gasteiger partial charge in [-0.1, -0.05) is 13.8 Å². The maximum atomic E-state index is 5.68. The highest BCUT2D eigenvalue weighted by atomic mass is 32.1. The van der Waals surface area contributed by atoms with Gasteiger partial charge in [-0.05, 0) is 34.5 Å². The lowest BCUT2D eigenvalue weighted by Crippen LogP contribution is -2.22. The van der Waals surface area contributed by atoms with E-state index in [1.165, 1.54) is 5.56 Å². The summed E-state index contributed by atoms with van der Waals surface area (Å²) < 4.78 is 5.68. The molecule has 0 aromatic carbocycles. The second kappa shape index (κ2) is 7.26. The van der Waals surface area contributed by atoms with Crippen LogP contribution in [-0.2, 0) is 13.0 Å². The zero-order chi connectivity index (χ0) is 13.5. The minimum atomic E-state index is 0.475. The molecular weight excluding hydrogens is 256 g/mol. The Bertz CT molecular complexity index is 465. The molecule has 2 rings (SSSR count). The molecule has 102 valence electrons. The number of pyridine rings is 1. The number of nitrogens with one attached hydrogen (secondary N) is 1. The van der Waals surface area contributed by atoms with Crippen molar-refractivity contribution in [2.75, 3.05) is 6.61 Å². The van der Waals surface area contributed by atoms with Crippen LogP contribution in [0.25, 0.3) is 0 Å². The van der Waals surface area contributed by atoms with E-state index in [0.717, 1.165) is 24.4 Å². The minimum absolute atomic E-state index is 0.475. The van der Waals surface area contributed by atoms with Crippen LogP contribution in [0.4, 0.5) is 0 Å². The minimum Gasteiger partial charge on any atom is -0.492 e. The van der Waals surface area contributed by atoms with Crippen molar-refractivity contribution in [2.45, 2.75) is 32.9 Å². The predicted molar refractivity (Wildman–Crippen MR) is 79.7 cm³/mol. The van der Waals surface area contributed by atoms with Gasteiger partial charge in [0.15, 0.2) is 0 Å². The van der Waals surface area contributed by atoms with Crippen LogP contribution in [-0.4, -0.2) is 17.6 Å². The first-order valence-corrected chi connectivity index (χ1v) is 7.50. The molecule has 2 aromatic rings. The van der Waals surface area contributed by atoms with Gasteiger partial charge in [-0.2, -0.15) is 11.3 Å². The highest BCUT2D eigenvalue weighted by molar-refractivity contribution is 7.07. The molecule has 0 amide bonds. The third-order valence-electron chi connectivity index (χ3n) is 2.73. The average Bonchev–Trinajstić information content (AvgIpc) is 2.91. The maximum absolute atomic E-state index is 5.68. The fourth-order valence-corrected chi connectivity index (χ4v) is 2.33. The molecule has 0 aliphatic carbocycles. The maximum Gasteiger partial charge on any atom is 0.137 e. The first-order chi connectivity index (χ1) is 9.24. The predicted octanol–water partition coefficient (Wildman–Crippen LogP) is 3.26. The van der Waals surface area contributed by atoms with Crippen molar-refractivity contribution >= 4 is 11.3 Å². The Kier molecular flexibility index (Phi) is 5.36. The molecule has 0 unspecified atom stereocenters. The normalized spacial score (nSPS) is 10.9. The van der Waals surface area contributed by atoms with Gasteiger partial charge in [-0.3, -0.25) is 4.98 Å². The molecule has 19 heavy (non-hydrogen) atoms. The summed E-state index contributed by atoms with van der Waals surface area (Å²) in [6.07, 6.45) is 2.74. The summed E-state index contributed by atoms with van der Waals surface area (Å²) >= 11 is 1.72. The second-order valence-electron chi connectivity index (χ2n) is 4.75. The summed E-state index contributed by atoms with van der Waals surface area (Å²) in [6, 6.07) is 6.60. The van der Waals surface area contributed by atoms with Gasteiger partial charge in [0.1, 0.15) is 5.75 Å². The van der Waals surface area contributed by atoms with Gasteiger partial charge < -0.3 is 10.1 Å². The number of thiophene rings is 1. The quantitative estimate of drug-likeness (QED) is 0.843. The fraction of sp³-hybridized carbons (Fsp3) is 0.400. The number of hydrogen-bond acceptors (Lipinski definition) is 4. The van der Waals surface area contributed by atoms with Crippen molar-refractivity contribution in [3.63, 3.8) is 0 Å². The third kappa shape index (κ3) is 5.01. The smallest absolute Gasteiger partial charge is 0.137 e. The van der Waals surface area contributed by atoms with E-state index in [1.807, 2.05) is 12.1 Å². The van der Waals surface area contributed by atoms with Gasteiger partial charge in [0.2, 0.25) is 0 Å². The zero-order valence-electron chi connectivity index (χ0n) is 11.4. The van der Waals surface area contributed by atoms with Crippen LogP contribution in [0.15, 0.2) is 35.2 Å². The molecule has 2 heterocycles. The van der Waals surface area contributed by atoms with Gasteiger partial charge in [-0.25, -0.2) is 0 Å². The van der Waals surface area contributed by atoms with Gasteiger partial charge >= 0.3 is 0 Å². The van der Waals surface area contributed by atoms with Crippen LogP contribution >= 0.6 is 11.3 Å². The zero-order valence-corrected chi connectivity index (χ0v) is 12.2. The summed E-state index contributed by atoms with van der Waals surface area (Å²) in [7, 11) is 0. The van der Waals surface area contributed by atoms with Crippen molar-refractivity contribution in [2.24, 2.45) is 0 Å². The third-order valence-corrected chi connectivity index (χ3v) is 3.46. The second-order valence-corrected chi connectivity index (χ2v) is 5.53. The number of hydrogen-bond donors (Lipinski definition) is 1. The van der Waals surface area contributed by atoms with Crippen molar-refractivity contribution in [3.05, 3.63) is 46.4 Å². The summed E-state index contributed by atoms with van der Waals surface area (Å²) in [5, 5.41) is 7.59. The number of ether oxygens (including phenoxy) is 1. The number of aromatic nitrogens is 1. The van der Waals surface area contributed by atoms with Crippen molar-refractivity contribution in [1.29, 1.82) is 0 Å². The van der Waals surface area contributed by atoms with E-state index in [1.54, 1.807) is 17.5 Å². The Hall–Kier alpha value is -1.39. The Morgan fingerprint density at radius 1 is 1.32 bits per heavy atom. The number of rotatable bonds is 7. The van der Waals surface area contributed by atoms with Crippen LogP contribution in [0.5, 0.6) is 5.75 Å². The topological polar surface area (TPSA) is 34.1 Å². The van der Waals surface area contributed by atoms with Gasteiger partial charge in [0.25, 0.3) is 0 Å². The highest BCUT2D eigenvalue weighted by Crippen LogP contribution is 2.11. The summed E-state index contributed by atoms with van der Waals surface area (Å²) in [6.45, 7) is 5.75. The van der Waals surface area contributed by atoms with Crippen LogP contribution < -0.4 is 10.1 Å². The standard InChI is InChI=1S/C15H20N2OS/c1-12(2)16-9-14-3-4-15(10-17-14)18-7-5-13-6-8-19-11-13/h3-4,6,8,10-12,16H,5,7,9H2,1-2H3. The van der Waals surface area contributed by atoms with E-state index in [9.17, 15) is 0 Å². The van der Waals surface area contributed by atoms with E-state index < -0.39 is 0 Å². The molecule has 0 aliphatic rings. The van der Waals surface area contributed by atoms with Crippen LogP contribution in [0, 0.1) is 0 Å². The molecule has 0 saturated heterocycles. The monoisotopic (exact) mass is 276 g/mol. The molecule has 0 fully saturated rings. The molecule has 1 N–H and O–H groups in total. The SMILES string of the molecule is CC(C)NCc1ccc(OCCc2ccsc2)cn1. The van der Waals surface area contributed by atoms with E-state index >= 15 is 0 Å². The first-order valence-electron chi connectivity index (χ1n) is 6.56. The van der Waals surface area contributed by atoms with Gasteiger partial charge in [-0.15, -0.1) is 0 Å². The molecule has 0 aliphatic heterocycles. The van der Waals surface area contributed by atoms with Crippen molar-refractivity contribution < 1.29 is 4.74 Å². The molecule has 0 spiro atoms. The lowest BCUT2D eigenvalue weighted by molar-refractivity contribution is 0.320. The molecule has 0 bridgehead atoms. The lowest BCUT2D eigenvalue weighted by atomic mass is 10.2. The summed E-state index contributed by atoms with van der Waals surface area (Å²) in [5.74, 6) is 0.837. The van der Waals surface area contributed by atoms with Crippen LogP contribution in [0.2, 0.25) is 0 Å². The Morgan fingerprint density at radius 3 is 2.84 bits per heavy atom. The van der Waals surface area contributed by atoms with Crippen molar-refractivity contribution in [3.8, 4) is 5.75 Å². The molecule has 2 aromatic heterocycles. The van der Waals surface area contributed by atoms with Crippen LogP contribution in [0.1, 0.15) is 25.1 Å². The number of nitrogens with zero attached hydrogens (tertiary/aromatic N) is 1. The average molecular weight is 276 g/mol. The fourth-order valence-electron chi connectivity index (χ4n) is 1.63. The van der Waals surface area contributed by atoms with E-state index in [2.05, 4.69) is 41.0 Å². The van der Waals surface area contributed by atoms with E-state index in [-0.39, 0.29) is 0 Å². The molecule has 0 radical (unpaired) electrons. The van der Waals surface area contributed by atoms with Crippen LogP contribution in [0.3, 0.4) is 0 Å². The van der Waals surface area contributed by atoms with Gasteiger partial charge in [0, 0.05) is 19.0 Å². The Balaban J connectivity index is 1.75.